The molecule has 0 fully saturated rings. The Hall–Kier alpha value is -1.02. The van der Waals surface area contributed by atoms with Crippen molar-refractivity contribution in [1.82, 2.24) is 0 Å². The smallest absolute Gasteiger partial charge is 0.122 e. The first kappa shape index (κ1) is 13.0. The molecule has 0 heterocycles. The molecule has 1 aromatic carbocycles. The molecule has 2 N–H and O–H groups in total. The van der Waals surface area contributed by atoms with Crippen LogP contribution in [-0.4, -0.2) is 13.7 Å². The van der Waals surface area contributed by atoms with Crippen LogP contribution in [-0.2, 0) is 0 Å². The summed E-state index contributed by atoms with van der Waals surface area (Å²) in [6.45, 7) is 5.17. The number of nitrogens with two attached hydrogens (primary N) is 1. The molecule has 1 aromatic rings. The monoisotopic (exact) mass is 221 g/mol. The summed E-state index contributed by atoms with van der Waals surface area (Å²) in [5, 5.41) is 0. The Kier molecular flexibility index (Phi) is 5.33. The zero-order chi connectivity index (χ0) is 12.0. The molecule has 0 aliphatic heterocycles. The Labute approximate surface area is 98.8 Å². The van der Waals surface area contributed by atoms with E-state index in [0.29, 0.717) is 5.92 Å². The van der Waals surface area contributed by atoms with Gasteiger partial charge in [0.1, 0.15) is 5.75 Å². The van der Waals surface area contributed by atoms with Gasteiger partial charge in [0.25, 0.3) is 0 Å². The van der Waals surface area contributed by atoms with Crippen LogP contribution in [0, 0.1) is 6.92 Å². The maximum Gasteiger partial charge on any atom is 0.122 e. The fraction of sp³-hybridized carbons (Fsp3) is 0.571. The summed E-state index contributed by atoms with van der Waals surface area (Å²) in [7, 11) is 1.74. The van der Waals surface area contributed by atoms with Crippen molar-refractivity contribution in [3.63, 3.8) is 0 Å². The third-order valence-electron chi connectivity index (χ3n) is 3.01. The van der Waals surface area contributed by atoms with Gasteiger partial charge in [0.2, 0.25) is 0 Å². The quantitative estimate of drug-likeness (QED) is 0.748. The Morgan fingerprint density at radius 1 is 1.31 bits per heavy atom. The fourth-order valence-corrected chi connectivity index (χ4v) is 1.99. The topological polar surface area (TPSA) is 35.2 Å². The van der Waals surface area contributed by atoms with Gasteiger partial charge in [0.15, 0.2) is 0 Å². The third kappa shape index (κ3) is 3.53. The van der Waals surface area contributed by atoms with Crippen LogP contribution in [0.4, 0.5) is 0 Å². The molecule has 0 saturated heterocycles. The standard InChI is InChI=1S/C14H23NO/c1-11-7-8-14(16-3)13(10-11)12(2)6-4-5-9-15/h7-8,10,12H,4-6,9,15H2,1-3H3. The number of aryl methyl sites for hydroxylation is 1. The molecule has 0 radical (unpaired) electrons. The Balaban J connectivity index is 2.72. The predicted molar refractivity (Wildman–Crippen MR) is 69.1 cm³/mol. The zero-order valence-corrected chi connectivity index (χ0v) is 10.6. The number of unbranched alkanes of at least 4 members (excludes halogenated alkanes) is 1. The van der Waals surface area contributed by atoms with Gasteiger partial charge >= 0.3 is 0 Å². The minimum absolute atomic E-state index is 0.543. The molecule has 0 amide bonds. The minimum Gasteiger partial charge on any atom is -0.496 e. The molecule has 2 heteroatoms. The van der Waals surface area contributed by atoms with Crippen LogP contribution in [0.1, 0.15) is 43.2 Å². The maximum atomic E-state index is 5.51. The highest BCUT2D eigenvalue weighted by atomic mass is 16.5. The van der Waals surface area contributed by atoms with Crippen molar-refractivity contribution in [2.24, 2.45) is 5.73 Å². The van der Waals surface area contributed by atoms with Crippen LogP contribution in [0.2, 0.25) is 0 Å². The molecule has 0 aromatic heterocycles. The van der Waals surface area contributed by atoms with Gasteiger partial charge in [-0.25, -0.2) is 0 Å². The van der Waals surface area contributed by atoms with Crippen LogP contribution in [0.5, 0.6) is 5.75 Å². The second kappa shape index (κ2) is 6.54. The van der Waals surface area contributed by atoms with E-state index in [2.05, 4.69) is 32.0 Å². The lowest BCUT2D eigenvalue weighted by atomic mass is 9.93. The van der Waals surface area contributed by atoms with Crippen LogP contribution >= 0.6 is 0 Å². The number of rotatable bonds is 6. The Bertz CT molecular complexity index is 323. The van der Waals surface area contributed by atoms with Crippen molar-refractivity contribution in [3.8, 4) is 5.75 Å². The molecule has 0 aliphatic rings. The van der Waals surface area contributed by atoms with Crippen molar-refractivity contribution in [1.29, 1.82) is 0 Å². The van der Waals surface area contributed by atoms with Crippen LogP contribution in [0.15, 0.2) is 18.2 Å². The van der Waals surface area contributed by atoms with E-state index in [4.69, 9.17) is 10.5 Å². The van der Waals surface area contributed by atoms with Crippen molar-refractivity contribution < 1.29 is 4.74 Å². The average Bonchev–Trinajstić information content (AvgIpc) is 2.29. The van der Waals surface area contributed by atoms with E-state index < -0.39 is 0 Å². The number of methoxy groups -OCH3 is 1. The molecule has 1 unspecified atom stereocenters. The summed E-state index contributed by atoms with van der Waals surface area (Å²) in [6.07, 6.45) is 3.48. The summed E-state index contributed by atoms with van der Waals surface area (Å²) < 4.78 is 5.40. The van der Waals surface area contributed by atoms with Crippen LogP contribution < -0.4 is 10.5 Å². The second-order valence-electron chi connectivity index (χ2n) is 4.43. The van der Waals surface area contributed by atoms with E-state index in [1.54, 1.807) is 7.11 Å². The summed E-state index contributed by atoms with van der Waals surface area (Å²) in [6, 6.07) is 6.38. The fourth-order valence-electron chi connectivity index (χ4n) is 1.99. The van der Waals surface area contributed by atoms with E-state index in [0.717, 1.165) is 18.7 Å². The summed E-state index contributed by atoms with van der Waals surface area (Å²) in [5.74, 6) is 1.55. The average molecular weight is 221 g/mol. The van der Waals surface area contributed by atoms with Crippen molar-refractivity contribution >= 4 is 0 Å². The first-order valence-corrected chi connectivity index (χ1v) is 6.03. The van der Waals surface area contributed by atoms with E-state index >= 15 is 0 Å². The molecular formula is C14H23NO. The highest BCUT2D eigenvalue weighted by Gasteiger charge is 2.11. The molecular weight excluding hydrogens is 198 g/mol. The lowest BCUT2D eigenvalue weighted by Crippen LogP contribution is -2.02. The number of ether oxygens (including phenoxy) is 1. The molecule has 0 spiro atoms. The van der Waals surface area contributed by atoms with Gasteiger partial charge in [-0.2, -0.15) is 0 Å². The largest absolute Gasteiger partial charge is 0.496 e. The van der Waals surface area contributed by atoms with Crippen LogP contribution in [0.25, 0.3) is 0 Å². The van der Waals surface area contributed by atoms with Gasteiger partial charge in [0, 0.05) is 0 Å². The highest BCUT2D eigenvalue weighted by molar-refractivity contribution is 5.39. The molecule has 0 saturated carbocycles. The molecule has 90 valence electrons. The molecule has 1 rings (SSSR count). The molecule has 0 aliphatic carbocycles. The first-order chi connectivity index (χ1) is 7.69. The van der Waals surface area contributed by atoms with Gasteiger partial charge in [-0.15, -0.1) is 0 Å². The summed E-state index contributed by atoms with van der Waals surface area (Å²) in [5.41, 5.74) is 8.12. The molecule has 16 heavy (non-hydrogen) atoms. The van der Waals surface area contributed by atoms with Gasteiger partial charge in [-0.1, -0.05) is 31.0 Å². The summed E-state index contributed by atoms with van der Waals surface area (Å²) in [4.78, 5) is 0. The number of hydrogen-bond acceptors (Lipinski definition) is 2. The Morgan fingerprint density at radius 3 is 2.69 bits per heavy atom. The molecule has 2 nitrogen and oxygen atoms in total. The van der Waals surface area contributed by atoms with Gasteiger partial charge in [-0.3, -0.25) is 0 Å². The maximum absolute atomic E-state index is 5.51. The SMILES string of the molecule is COc1ccc(C)cc1C(C)CCCCN. The molecule has 0 bridgehead atoms. The third-order valence-corrected chi connectivity index (χ3v) is 3.01. The van der Waals surface area contributed by atoms with Crippen LogP contribution in [0.3, 0.4) is 0 Å². The minimum atomic E-state index is 0.543. The van der Waals surface area contributed by atoms with E-state index in [9.17, 15) is 0 Å². The van der Waals surface area contributed by atoms with Gasteiger partial charge < -0.3 is 10.5 Å². The normalized spacial score (nSPS) is 12.5. The van der Waals surface area contributed by atoms with E-state index in [-0.39, 0.29) is 0 Å². The highest BCUT2D eigenvalue weighted by Crippen LogP contribution is 2.30. The van der Waals surface area contributed by atoms with E-state index in [1.165, 1.54) is 24.0 Å². The van der Waals surface area contributed by atoms with Gasteiger partial charge in [0.05, 0.1) is 7.11 Å². The Morgan fingerprint density at radius 2 is 2.06 bits per heavy atom. The second-order valence-corrected chi connectivity index (χ2v) is 4.43. The number of hydrogen-bond donors (Lipinski definition) is 1. The van der Waals surface area contributed by atoms with E-state index in [1.807, 2.05) is 0 Å². The zero-order valence-electron chi connectivity index (χ0n) is 10.6. The lowest BCUT2D eigenvalue weighted by Gasteiger charge is -2.16. The first-order valence-electron chi connectivity index (χ1n) is 6.03. The van der Waals surface area contributed by atoms with Crippen molar-refractivity contribution in [3.05, 3.63) is 29.3 Å². The van der Waals surface area contributed by atoms with Crippen molar-refractivity contribution in [2.75, 3.05) is 13.7 Å². The predicted octanol–water partition coefficient (Wildman–Crippen LogP) is 3.24. The summed E-state index contributed by atoms with van der Waals surface area (Å²) >= 11 is 0. The molecule has 1 atom stereocenters. The van der Waals surface area contributed by atoms with Gasteiger partial charge in [-0.05, 0) is 43.9 Å². The van der Waals surface area contributed by atoms with Crippen molar-refractivity contribution in [2.45, 2.75) is 39.0 Å². The number of benzene rings is 1. The lowest BCUT2D eigenvalue weighted by molar-refractivity contribution is 0.404.